The number of aromatic nitrogens is 2. The second-order valence-electron chi connectivity index (χ2n) is 9.72. The van der Waals surface area contributed by atoms with Gasteiger partial charge in [0.05, 0.1) is 19.6 Å². The molecule has 3 N–H and O–H groups in total. The van der Waals surface area contributed by atoms with Crippen molar-refractivity contribution in [1.29, 1.82) is 0 Å². The summed E-state index contributed by atoms with van der Waals surface area (Å²) in [5.74, 6) is -2.90. The summed E-state index contributed by atoms with van der Waals surface area (Å²) in [4.78, 5) is 25.5. The Kier molecular flexibility index (Phi) is 14.0. The maximum Gasteiger partial charge on any atom is 0.472 e. The molecule has 1 aromatic heterocycles. The van der Waals surface area contributed by atoms with E-state index in [2.05, 4.69) is 20.0 Å². The third-order valence-electron chi connectivity index (χ3n) is 6.73. The number of rotatable bonds is 12. The first kappa shape index (κ1) is 36.5. The number of hydrogen-bond donors (Lipinski definition) is 2. The molecule has 0 fully saturated rings. The fourth-order valence-electron chi connectivity index (χ4n) is 4.20. The molecule has 2 unspecified atom stereocenters. The fourth-order valence-corrected chi connectivity index (χ4v) is 5.08. The number of halogens is 5. The Bertz CT molecular complexity index is 1600. The van der Waals surface area contributed by atoms with Gasteiger partial charge in [0.1, 0.15) is 35.9 Å². The van der Waals surface area contributed by atoms with Gasteiger partial charge in [-0.15, -0.1) is 0 Å². The van der Waals surface area contributed by atoms with Gasteiger partial charge in [-0.2, -0.15) is 0 Å². The van der Waals surface area contributed by atoms with Crippen LogP contribution in [0.25, 0.3) is 0 Å². The molecular formula is C31H31ClF4N5O4P. The van der Waals surface area contributed by atoms with E-state index >= 15 is 0 Å². The van der Waals surface area contributed by atoms with Crippen LogP contribution < -0.4 is 5.73 Å². The van der Waals surface area contributed by atoms with Crippen molar-refractivity contribution in [3.63, 3.8) is 0 Å². The van der Waals surface area contributed by atoms with Crippen molar-refractivity contribution in [1.82, 2.24) is 9.97 Å². The first-order chi connectivity index (χ1) is 21.9. The lowest BCUT2D eigenvalue weighted by Gasteiger charge is -2.23. The van der Waals surface area contributed by atoms with Crippen molar-refractivity contribution >= 4 is 32.1 Å². The van der Waals surface area contributed by atoms with Crippen LogP contribution >= 0.6 is 19.4 Å². The van der Waals surface area contributed by atoms with Gasteiger partial charge in [0.15, 0.2) is 0 Å². The van der Waals surface area contributed by atoms with Gasteiger partial charge in [0, 0.05) is 52.5 Å². The average Bonchev–Trinajstić information content (AvgIpc) is 3.01. The van der Waals surface area contributed by atoms with Crippen molar-refractivity contribution in [2.24, 2.45) is 15.7 Å². The smallest absolute Gasteiger partial charge is 0.390 e. The maximum atomic E-state index is 14.2. The summed E-state index contributed by atoms with van der Waals surface area (Å²) < 4.78 is 75.8. The van der Waals surface area contributed by atoms with E-state index in [9.17, 15) is 27.0 Å². The highest BCUT2D eigenvalue weighted by molar-refractivity contribution is 7.47. The lowest BCUT2D eigenvalue weighted by molar-refractivity contribution is 0.135. The third kappa shape index (κ3) is 10.8. The highest BCUT2D eigenvalue weighted by Gasteiger charge is 2.25. The van der Waals surface area contributed by atoms with Gasteiger partial charge >= 0.3 is 7.82 Å². The van der Waals surface area contributed by atoms with Crippen LogP contribution in [0.15, 0.2) is 83.2 Å². The van der Waals surface area contributed by atoms with Crippen LogP contribution in [-0.2, 0) is 26.8 Å². The Balaban J connectivity index is 0.000000250. The summed E-state index contributed by atoms with van der Waals surface area (Å²) in [6, 6.07) is 13.7. The fraction of sp³-hybridized carbons (Fsp3) is 0.226. The Labute approximate surface area is 268 Å². The lowest BCUT2D eigenvalue weighted by atomic mass is 9.84. The summed E-state index contributed by atoms with van der Waals surface area (Å²) in [5, 5.41) is 0.0648. The molecular weight excluding hydrogens is 649 g/mol. The molecule has 0 aliphatic heterocycles. The molecule has 46 heavy (non-hydrogen) atoms. The van der Waals surface area contributed by atoms with E-state index in [1.165, 1.54) is 49.1 Å². The second kappa shape index (κ2) is 17.6. The van der Waals surface area contributed by atoms with E-state index in [0.29, 0.717) is 11.1 Å². The molecule has 4 aromatic rings. The third-order valence-corrected chi connectivity index (χ3v) is 8.00. The van der Waals surface area contributed by atoms with Crippen molar-refractivity contribution in [3.05, 3.63) is 129 Å². The van der Waals surface area contributed by atoms with Crippen molar-refractivity contribution in [3.8, 4) is 0 Å². The van der Waals surface area contributed by atoms with Gasteiger partial charge in [-0.1, -0.05) is 42.8 Å². The monoisotopic (exact) mass is 679 g/mol. The predicted octanol–water partition coefficient (Wildman–Crippen LogP) is 7.42. The van der Waals surface area contributed by atoms with Gasteiger partial charge in [0.2, 0.25) is 0 Å². The van der Waals surface area contributed by atoms with Gasteiger partial charge < -0.3 is 10.6 Å². The zero-order chi connectivity index (χ0) is 33.7. The van der Waals surface area contributed by atoms with Crippen molar-refractivity contribution in [2.45, 2.75) is 38.9 Å². The standard InChI is InChI=1S/C16H17F2N5.C15H14ClF2O4P/c1-11(16-4-5-20-10-23-16)14(7-21-9-22-8-19)13-3-2-12(17)6-15(13)18;1-10-4-2-6-14(17)11(10)8-21-23(19,20)22-9-12-13(16)5-3-7-15(12)18/h2-6,8-11,14H,7H2,1H3,(H2,19,21,22);2-7H,8-9H2,1H3,(H,19,20)/t11?,14-;/m0./s1. The predicted molar refractivity (Wildman–Crippen MR) is 168 cm³/mol. The Hall–Kier alpha value is -4.00. The highest BCUT2D eigenvalue weighted by Crippen LogP contribution is 2.46. The van der Waals surface area contributed by atoms with Crippen LogP contribution in [0.4, 0.5) is 17.6 Å². The Morgan fingerprint density at radius 2 is 1.67 bits per heavy atom. The molecule has 0 aliphatic carbocycles. The molecule has 0 aliphatic rings. The number of nitrogens with zero attached hydrogens (tertiary/aromatic N) is 4. The molecule has 0 spiro atoms. The minimum Gasteiger partial charge on any atom is -0.390 e. The first-order valence-corrected chi connectivity index (χ1v) is 15.5. The molecule has 0 radical (unpaired) electrons. The molecule has 15 heteroatoms. The topological polar surface area (TPSA) is 132 Å². The maximum absolute atomic E-state index is 14.2. The van der Waals surface area contributed by atoms with Crippen LogP contribution in [0.5, 0.6) is 0 Å². The number of phosphoric acid groups is 1. The molecule has 3 atom stereocenters. The summed E-state index contributed by atoms with van der Waals surface area (Å²) in [5.41, 5.74) is 6.94. The van der Waals surface area contributed by atoms with E-state index in [0.717, 1.165) is 24.2 Å². The normalized spacial score (nSPS) is 14.1. The molecule has 244 valence electrons. The van der Waals surface area contributed by atoms with Crippen LogP contribution in [-0.4, -0.2) is 34.1 Å². The number of aliphatic imine (C=N–C) groups is 2. The Morgan fingerprint density at radius 1 is 1.00 bits per heavy atom. The minimum atomic E-state index is -4.49. The molecule has 9 nitrogen and oxygen atoms in total. The number of hydrogen-bond acceptors (Lipinski definition) is 6. The molecule has 3 aromatic carbocycles. The van der Waals surface area contributed by atoms with Gasteiger partial charge in [-0.05, 0) is 48.4 Å². The van der Waals surface area contributed by atoms with E-state index < -0.39 is 44.3 Å². The second-order valence-corrected chi connectivity index (χ2v) is 11.6. The largest absolute Gasteiger partial charge is 0.472 e. The number of aryl methyl sites for hydroxylation is 1. The summed E-state index contributed by atoms with van der Waals surface area (Å²) in [6.07, 6.45) is 5.48. The van der Waals surface area contributed by atoms with Crippen LogP contribution in [0.1, 0.15) is 46.7 Å². The minimum absolute atomic E-state index is 0.0610. The number of phosphoric ester groups is 1. The van der Waals surface area contributed by atoms with Gasteiger partial charge in [0.25, 0.3) is 0 Å². The highest BCUT2D eigenvalue weighted by atomic mass is 35.5. The number of nitrogens with two attached hydrogens (primary N) is 1. The van der Waals surface area contributed by atoms with Crippen LogP contribution in [0, 0.1) is 30.2 Å². The zero-order valence-electron chi connectivity index (χ0n) is 24.7. The van der Waals surface area contributed by atoms with Gasteiger partial charge in [-0.25, -0.2) is 37.1 Å². The van der Waals surface area contributed by atoms with Crippen LogP contribution in [0.3, 0.4) is 0 Å². The SMILES string of the molecule is CC(c1ccncn1)[C@H](CN=CN=CN)c1ccc(F)cc1F.Cc1cccc(F)c1COP(=O)(O)OCc1c(F)cccc1Cl. The lowest BCUT2D eigenvalue weighted by Crippen LogP contribution is -2.15. The molecule has 0 saturated heterocycles. The molecule has 0 saturated carbocycles. The summed E-state index contributed by atoms with van der Waals surface area (Å²) in [6.45, 7) is 2.83. The first-order valence-electron chi connectivity index (χ1n) is 13.6. The van der Waals surface area contributed by atoms with Crippen molar-refractivity contribution < 1.29 is 36.1 Å². The zero-order valence-corrected chi connectivity index (χ0v) is 26.4. The Morgan fingerprint density at radius 3 is 2.28 bits per heavy atom. The van der Waals surface area contributed by atoms with Crippen LogP contribution in [0.2, 0.25) is 5.02 Å². The molecule has 0 bridgehead atoms. The number of benzene rings is 3. The van der Waals surface area contributed by atoms with Crippen molar-refractivity contribution in [2.75, 3.05) is 6.54 Å². The average molecular weight is 680 g/mol. The van der Waals surface area contributed by atoms with E-state index in [-0.39, 0.29) is 34.5 Å². The quantitative estimate of drug-likeness (QED) is 0.0689. The van der Waals surface area contributed by atoms with E-state index in [4.69, 9.17) is 26.4 Å². The van der Waals surface area contributed by atoms with E-state index in [1.807, 2.05) is 6.92 Å². The molecule has 1 heterocycles. The van der Waals surface area contributed by atoms with E-state index in [1.54, 1.807) is 25.3 Å². The summed E-state index contributed by atoms with van der Waals surface area (Å²) >= 11 is 5.79. The summed E-state index contributed by atoms with van der Waals surface area (Å²) in [7, 11) is -4.49. The molecule has 0 amide bonds. The van der Waals surface area contributed by atoms with Gasteiger partial charge in [-0.3, -0.25) is 14.0 Å². The molecule has 4 rings (SSSR count).